The van der Waals surface area contributed by atoms with E-state index in [0.717, 1.165) is 5.56 Å². The van der Waals surface area contributed by atoms with Crippen molar-refractivity contribution in [2.75, 3.05) is 26.8 Å². The third-order valence-corrected chi connectivity index (χ3v) is 2.77. The van der Waals surface area contributed by atoms with Crippen molar-refractivity contribution in [3.05, 3.63) is 35.4 Å². The molecule has 0 heterocycles. The highest BCUT2D eigenvalue weighted by Gasteiger charge is 2.16. The Kier molecular flexibility index (Phi) is 6.02. The standard InChI is InChI=1S/C14H19NO4/c1-11-3-5-12(6-4-11)14(18)15(9-10-16)8-7-13(17)19-2/h3-6,16H,7-10H2,1-2H3. The number of aryl methyl sites for hydroxylation is 1. The maximum atomic E-state index is 12.2. The van der Waals surface area contributed by atoms with Gasteiger partial charge in [0, 0.05) is 18.7 Å². The van der Waals surface area contributed by atoms with Crippen LogP contribution in [0.3, 0.4) is 0 Å². The van der Waals surface area contributed by atoms with Crippen molar-refractivity contribution in [1.82, 2.24) is 4.90 Å². The summed E-state index contributed by atoms with van der Waals surface area (Å²) in [5, 5.41) is 8.99. The maximum absolute atomic E-state index is 12.2. The molecule has 0 aromatic heterocycles. The summed E-state index contributed by atoms with van der Waals surface area (Å²) in [6, 6.07) is 7.18. The van der Waals surface area contributed by atoms with Crippen LogP contribution in [0.15, 0.2) is 24.3 Å². The monoisotopic (exact) mass is 265 g/mol. The van der Waals surface area contributed by atoms with Gasteiger partial charge in [0.25, 0.3) is 5.91 Å². The lowest BCUT2D eigenvalue weighted by Crippen LogP contribution is -2.35. The number of methoxy groups -OCH3 is 1. The van der Waals surface area contributed by atoms with Crippen LogP contribution < -0.4 is 0 Å². The highest BCUT2D eigenvalue weighted by Crippen LogP contribution is 2.08. The number of aliphatic hydroxyl groups excluding tert-OH is 1. The zero-order chi connectivity index (χ0) is 14.3. The molecular formula is C14H19NO4. The molecular weight excluding hydrogens is 246 g/mol. The first-order valence-corrected chi connectivity index (χ1v) is 6.12. The predicted octanol–water partition coefficient (Wildman–Crippen LogP) is 0.993. The van der Waals surface area contributed by atoms with Crippen molar-refractivity contribution in [2.45, 2.75) is 13.3 Å². The smallest absolute Gasteiger partial charge is 0.307 e. The second-order valence-corrected chi connectivity index (χ2v) is 4.21. The Morgan fingerprint density at radius 1 is 1.21 bits per heavy atom. The van der Waals surface area contributed by atoms with Crippen LogP contribution in [0, 0.1) is 6.92 Å². The van der Waals surface area contributed by atoms with E-state index in [1.807, 2.05) is 19.1 Å². The molecule has 0 saturated heterocycles. The molecule has 104 valence electrons. The fourth-order valence-corrected chi connectivity index (χ4v) is 1.64. The molecule has 0 spiro atoms. The van der Waals surface area contributed by atoms with E-state index in [0.29, 0.717) is 5.56 Å². The number of hydrogen-bond acceptors (Lipinski definition) is 4. The summed E-state index contributed by atoms with van der Waals surface area (Å²) in [6.45, 7) is 2.24. The average Bonchev–Trinajstić information content (AvgIpc) is 2.43. The summed E-state index contributed by atoms with van der Waals surface area (Å²) in [5.41, 5.74) is 1.61. The Hall–Kier alpha value is -1.88. The molecule has 1 amide bonds. The Labute approximate surface area is 112 Å². The van der Waals surface area contributed by atoms with Crippen molar-refractivity contribution in [1.29, 1.82) is 0 Å². The van der Waals surface area contributed by atoms with Crippen LogP contribution in [0.25, 0.3) is 0 Å². The number of ether oxygens (including phenoxy) is 1. The average molecular weight is 265 g/mol. The van der Waals surface area contributed by atoms with Gasteiger partial charge in [0.2, 0.25) is 0 Å². The SMILES string of the molecule is COC(=O)CCN(CCO)C(=O)c1ccc(C)cc1. The second-order valence-electron chi connectivity index (χ2n) is 4.21. The Morgan fingerprint density at radius 3 is 2.37 bits per heavy atom. The highest BCUT2D eigenvalue weighted by molar-refractivity contribution is 5.94. The Balaban J connectivity index is 2.71. The summed E-state index contributed by atoms with van der Waals surface area (Å²) in [7, 11) is 1.31. The number of rotatable bonds is 6. The molecule has 0 saturated carbocycles. The summed E-state index contributed by atoms with van der Waals surface area (Å²) in [6.07, 6.45) is 0.119. The maximum Gasteiger partial charge on any atom is 0.307 e. The molecule has 1 aromatic carbocycles. The molecule has 1 rings (SSSR count). The van der Waals surface area contributed by atoms with Crippen molar-refractivity contribution in [2.24, 2.45) is 0 Å². The first kappa shape index (κ1) is 15.2. The Morgan fingerprint density at radius 2 is 1.84 bits per heavy atom. The molecule has 0 aliphatic carbocycles. The summed E-state index contributed by atoms with van der Waals surface area (Å²) in [5.74, 6) is -0.572. The number of amides is 1. The van der Waals surface area contributed by atoms with Gasteiger partial charge in [-0.05, 0) is 19.1 Å². The van der Waals surface area contributed by atoms with Gasteiger partial charge in [0.05, 0.1) is 20.1 Å². The van der Waals surface area contributed by atoms with Crippen LogP contribution in [0.2, 0.25) is 0 Å². The summed E-state index contributed by atoms with van der Waals surface area (Å²) >= 11 is 0. The summed E-state index contributed by atoms with van der Waals surface area (Å²) < 4.78 is 4.54. The predicted molar refractivity (Wildman–Crippen MR) is 70.8 cm³/mol. The van der Waals surface area contributed by atoms with Crippen LogP contribution in [-0.4, -0.2) is 48.7 Å². The molecule has 0 fully saturated rings. The van der Waals surface area contributed by atoms with Gasteiger partial charge < -0.3 is 14.7 Å². The molecule has 5 heteroatoms. The molecule has 0 unspecified atom stereocenters. The Bertz CT molecular complexity index is 428. The van der Waals surface area contributed by atoms with E-state index in [4.69, 9.17) is 5.11 Å². The van der Waals surface area contributed by atoms with Gasteiger partial charge in [-0.15, -0.1) is 0 Å². The van der Waals surface area contributed by atoms with Gasteiger partial charge in [-0.2, -0.15) is 0 Å². The van der Waals surface area contributed by atoms with E-state index < -0.39 is 0 Å². The number of carbonyl (C=O) groups is 2. The van der Waals surface area contributed by atoms with Gasteiger partial charge in [0.1, 0.15) is 0 Å². The lowest BCUT2D eigenvalue weighted by Gasteiger charge is -2.21. The van der Waals surface area contributed by atoms with E-state index >= 15 is 0 Å². The highest BCUT2D eigenvalue weighted by atomic mass is 16.5. The van der Waals surface area contributed by atoms with E-state index in [1.54, 1.807) is 12.1 Å². The van der Waals surface area contributed by atoms with Gasteiger partial charge in [-0.3, -0.25) is 9.59 Å². The molecule has 0 atom stereocenters. The molecule has 0 bridgehead atoms. The largest absolute Gasteiger partial charge is 0.469 e. The van der Waals surface area contributed by atoms with Gasteiger partial charge in [0.15, 0.2) is 0 Å². The van der Waals surface area contributed by atoms with Crippen LogP contribution in [0.1, 0.15) is 22.3 Å². The van der Waals surface area contributed by atoms with Crippen molar-refractivity contribution < 1.29 is 19.4 Å². The normalized spacial score (nSPS) is 10.1. The zero-order valence-electron chi connectivity index (χ0n) is 11.3. The molecule has 0 aliphatic heterocycles. The van der Waals surface area contributed by atoms with E-state index in [1.165, 1.54) is 12.0 Å². The number of nitrogens with zero attached hydrogens (tertiary/aromatic N) is 1. The number of esters is 1. The molecule has 5 nitrogen and oxygen atoms in total. The van der Waals surface area contributed by atoms with Gasteiger partial charge >= 0.3 is 5.97 Å². The molecule has 0 radical (unpaired) electrons. The lowest BCUT2D eigenvalue weighted by atomic mass is 10.1. The van der Waals surface area contributed by atoms with E-state index in [-0.39, 0.29) is 38.0 Å². The van der Waals surface area contributed by atoms with Crippen LogP contribution >= 0.6 is 0 Å². The fourth-order valence-electron chi connectivity index (χ4n) is 1.64. The quantitative estimate of drug-likeness (QED) is 0.779. The number of benzene rings is 1. The minimum atomic E-state index is -0.375. The topological polar surface area (TPSA) is 66.8 Å². The molecule has 0 aliphatic rings. The van der Waals surface area contributed by atoms with Crippen molar-refractivity contribution >= 4 is 11.9 Å². The van der Waals surface area contributed by atoms with Crippen molar-refractivity contribution in [3.63, 3.8) is 0 Å². The van der Waals surface area contributed by atoms with E-state index in [2.05, 4.69) is 4.74 Å². The third kappa shape index (κ3) is 4.71. The minimum absolute atomic E-state index is 0.119. The van der Waals surface area contributed by atoms with Crippen LogP contribution in [0.4, 0.5) is 0 Å². The molecule has 1 aromatic rings. The third-order valence-electron chi connectivity index (χ3n) is 2.77. The van der Waals surface area contributed by atoms with E-state index in [9.17, 15) is 9.59 Å². The lowest BCUT2D eigenvalue weighted by molar-refractivity contribution is -0.140. The zero-order valence-corrected chi connectivity index (χ0v) is 11.3. The minimum Gasteiger partial charge on any atom is -0.469 e. The van der Waals surface area contributed by atoms with Crippen molar-refractivity contribution in [3.8, 4) is 0 Å². The van der Waals surface area contributed by atoms with Gasteiger partial charge in [-0.25, -0.2) is 0 Å². The number of hydrogen-bond donors (Lipinski definition) is 1. The molecule has 19 heavy (non-hydrogen) atoms. The van der Waals surface area contributed by atoms with Crippen LogP contribution in [-0.2, 0) is 9.53 Å². The number of aliphatic hydroxyl groups is 1. The number of carbonyl (C=O) groups excluding carboxylic acids is 2. The summed E-state index contributed by atoms with van der Waals surface area (Å²) in [4.78, 5) is 24.8. The first-order valence-electron chi connectivity index (χ1n) is 6.12. The first-order chi connectivity index (χ1) is 9.08. The fraction of sp³-hybridized carbons (Fsp3) is 0.429. The van der Waals surface area contributed by atoms with Gasteiger partial charge in [-0.1, -0.05) is 17.7 Å². The molecule has 1 N–H and O–H groups in total. The second kappa shape index (κ2) is 7.53. The van der Waals surface area contributed by atoms with Crippen LogP contribution in [0.5, 0.6) is 0 Å².